The minimum Gasteiger partial charge on any atom is -0.342 e. The van der Waals surface area contributed by atoms with Crippen molar-refractivity contribution in [3.63, 3.8) is 0 Å². The predicted octanol–water partition coefficient (Wildman–Crippen LogP) is 2.80. The lowest BCUT2D eigenvalue weighted by Crippen LogP contribution is -2.36. The van der Waals surface area contributed by atoms with Crippen molar-refractivity contribution in [3.05, 3.63) is 40.7 Å². The largest absolute Gasteiger partial charge is 0.342 e. The molecule has 1 spiro atoms. The van der Waals surface area contributed by atoms with Gasteiger partial charge in [0.2, 0.25) is 5.91 Å². The van der Waals surface area contributed by atoms with Crippen LogP contribution in [0.3, 0.4) is 0 Å². The number of hydrogen-bond acceptors (Lipinski definition) is 5. The Kier molecular flexibility index (Phi) is 3.32. The third kappa shape index (κ3) is 2.18. The van der Waals surface area contributed by atoms with E-state index in [0.717, 1.165) is 29.0 Å². The molecule has 0 bridgehead atoms. The number of aromatic nitrogens is 1. The van der Waals surface area contributed by atoms with Crippen molar-refractivity contribution < 1.29 is 9.18 Å². The number of hydrogen-bond donors (Lipinski definition) is 0. The van der Waals surface area contributed by atoms with Gasteiger partial charge in [-0.15, -0.1) is 0 Å². The van der Waals surface area contributed by atoms with Crippen LogP contribution >= 0.6 is 11.3 Å². The van der Waals surface area contributed by atoms with E-state index < -0.39 is 0 Å². The zero-order chi connectivity index (χ0) is 16.9. The van der Waals surface area contributed by atoms with Gasteiger partial charge in [-0.1, -0.05) is 11.3 Å². The summed E-state index contributed by atoms with van der Waals surface area (Å²) in [6.07, 6.45) is 2.06. The number of carbonyl (C=O) groups is 1. The second-order valence-electron chi connectivity index (χ2n) is 6.35. The Bertz CT molecular complexity index is 874. The van der Waals surface area contributed by atoms with Gasteiger partial charge in [-0.3, -0.25) is 4.79 Å². The van der Waals surface area contributed by atoms with Crippen molar-refractivity contribution in [1.82, 2.24) is 9.88 Å². The number of nitriles is 1. The van der Waals surface area contributed by atoms with Gasteiger partial charge in [0, 0.05) is 37.7 Å². The number of thiazole rings is 1. The van der Waals surface area contributed by atoms with Gasteiger partial charge in [0.25, 0.3) is 0 Å². The summed E-state index contributed by atoms with van der Waals surface area (Å²) in [6.45, 7) is 3.54. The summed E-state index contributed by atoms with van der Waals surface area (Å²) in [5.41, 5.74) is 2.38. The van der Waals surface area contributed by atoms with Crippen molar-refractivity contribution >= 4 is 28.1 Å². The third-order valence-electron chi connectivity index (χ3n) is 4.94. The minimum absolute atomic E-state index is 0.0589. The molecule has 2 aromatic rings. The lowest BCUT2D eigenvalue weighted by molar-refractivity contribution is -0.127. The summed E-state index contributed by atoms with van der Waals surface area (Å²) in [4.78, 5) is 19.8. The molecule has 122 valence electrons. The van der Waals surface area contributed by atoms with Gasteiger partial charge in [-0.25, -0.2) is 4.98 Å². The summed E-state index contributed by atoms with van der Waals surface area (Å²) in [7, 11) is 0. The maximum Gasteiger partial charge on any atom is 0.219 e. The second-order valence-corrected chi connectivity index (χ2v) is 7.31. The summed E-state index contributed by atoms with van der Waals surface area (Å²) in [5.74, 6) is 0.0589. The van der Waals surface area contributed by atoms with Crippen LogP contribution in [0.2, 0.25) is 0 Å². The molecule has 2 aliphatic heterocycles. The number of carbonyl (C=O) groups excluding carboxylic acids is 1. The molecule has 1 aromatic heterocycles. The molecule has 1 amide bonds. The van der Waals surface area contributed by atoms with Crippen LogP contribution < -0.4 is 4.90 Å². The molecule has 0 aliphatic carbocycles. The Morgan fingerprint density at radius 1 is 1.46 bits per heavy atom. The number of halogens is 1. The van der Waals surface area contributed by atoms with E-state index in [0.29, 0.717) is 30.3 Å². The molecule has 3 heterocycles. The number of benzene rings is 1. The van der Waals surface area contributed by atoms with Crippen molar-refractivity contribution in [1.29, 1.82) is 5.26 Å². The Morgan fingerprint density at radius 2 is 2.29 bits per heavy atom. The molecule has 1 atom stereocenters. The van der Waals surface area contributed by atoms with E-state index in [-0.39, 0.29) is 16.5 Å². The Labute approximate surface area is 142 Å². The summed E-state index contributed by atoms with van der Waals surface area (Å²) < 4.78 is 13.4. The van der Waals surface area contributed by atoms with Crippen LogP contribution in [-0.4, -0.2) is 35.4 Å². The van der Waals surface area contributed by atoms with E-state index in [1.165, 1.54) is 6.20 Å². The monoisotopic (exact) mass is 342 g/mol. The zero-order valence-electron chi connectivity index (χ0n) is 13.1. The smallest absolute Gasteiger partial charge is 0.219 e. The van der Waals surface area contributed by atoms with Crippen molar-refractivity contribution in [2.45, 2.75) is 18.8 Å². The maximum atomic E-state index is 13.4. The molecule has 5 nitrogen and oxygen atoms in total. The average Bonchev–Trinajstić information content (AvgIpc) is 3.26. The third-order valence-corrected chi connectivity index (χ3v) is 5.75. The topological polar surface area (TPSA) is 60.2 Å². The zero-order valence-corrected chi connectivity index (χ0v) is 13.9. The van der Waals surface area contributed by atoms with Crippen LogP contribution in [0, 0.1) is 16.5 Å². The molecule has 2 aliphatic rings. The first kappa shape index (κ1) is 15.1. The van der Waals surface area contributed by atoms with Crippen molar-refractivity contribution in [2.75, 3.05) is 24.5 Å². The highest BCUT2D eigenvalue weighted by atomic mass is 32.1. The fraction of sp³-hybridized carbons (Fsp3) is 0.353. The molecule has 7 heteroatoms. The lowest BCUT2D eigenvalue weighted by atomic mass is 9.81. The molecule has 1 saturated heterocycles. The summed E-state index contributed by atoms with van der Waals surface area (Å²) in [5, 5.41) is 9.53. The molecule has 0 saturated carbocycles. The standard InChI is InChI=1S/C17H15FN4OS/c1-11(23)21-5-4-17(9-21)10-22(16-20-8-15(18)24-16)14-3-2-12(7-19)6-13(14)17/h2-3,6,8H,4-5,9-10H2,1H3/t17-/m1/s1. The molecule has 0 unspecified atom stereocenters. The van der Waals surface area contributed by atoms with Crippen LogP contribution in [0.1, 0.15) is 24.5 Å². The van der Waals surface area contributed by atoms with E-state index in [1.54, 1.807) is 13.0 Å². The van der Waals surface area contributed by atoms with Crippen LogP contribution in [-0.2, 0) is 10.2 Å². The van der Waals surface area contributed by atoms with Crippen LogP contribution in [0.5, 0.6) is 0 Å². The van der Waals surface area contributed by atoms with Crippen molar-refractivity contribution in [3.8, 4) is 6.07 Å². The predicted molar refractivity (Wildman–Crippen MR) is 88.8 cm³/mol. The molecular weight excluding hydrogens is 327 g/mol. The molecular formula is C17H15FN4OS. The summed E-state index contributed by atoms with van der Waals surface area (Å²) >= 11 is 1.01. The quantitative estimate of drug-likeness (QED) is 0.799. The Morgan fingerprint density at radius 3 is 2.92 bits per heavy atom. The second kappa shape index (κ2) is 5.28. The number of anilines is 2. The van der Waals surface area contributed by atoms with Gasteiger partial charge in [-0.2, -0.15) is 9.65 Å². The first-order chi connectivity index (χ1) is 11.5. The minimum atomic E-state index is -0.321. The van der Waals surface area contributed by atoms with Gasteiger partial charge >= 0.3 is 0 Å². The SMILES string of the molecule is CC(=O)N1CC[C@@]2(C1)CN(c1ncc(F)s1)c1ccc(C#N)cc12. The molecule has 1 fully saturated rings. The first-order valence-electron chi connectivity index (χ1n) is 7.71. The molecule has 24 heavy (non-hydrogen) atoms. The fourth-order valence-corrected chi connectivity index (χ4v) is 4.43. The maximum absolute atomic E-state index is 13.4. The van der Waals surface area contributed by atoms with Gasteiger partial charge in [0.1, 0.15) is 0 Å². The fourth-order valence-electron chi connectivity index (χ4n) is 3.77. The van der Waals surface area contributed by atoms with Gasteiger partial charge in [-0.05, 0) is 30.2 Å². The molecule has 0 radical (unpaired) electrons. The van der Waals surface area contributed by atoms with Gasteiger partial charge < -0.3 is 9.80 Å². The molecule has 0 N–H and O–H groups in total. The normalized spacial score (nSPS) is 22.0. The first-order valence-corrected chi connectivity index (χ1v) is 8.53. The van der Waals surface area contributed by atoms with E-state index in [2.05, 4.69) is 11.1 Å². The van der Waals surface area contributed by atoms with E-state index in [4.69, 9.17) is 0 Å². The molecule has 4 rings (SSSR count). The Hall–Kier alpha value is -2.46. The van der Waals surface area contributed by atoms with Gasteiger partial charge in [0.15, 0.2) is 10.3 Å². The number of nitrogens with zero attached hydrogens (tertiary/aromatic N) is 4. The highest BCUT2D eigenvalue weighted by molar-refractivity contribution is 7.14. The average molecular weight is 342 g/mol. The summed E-state index contributed by atoms with van der Waals surface area (Å²) in [6, 6.07) is 7.76. The number of amides is 1. The lowest BCUT2D eigenvalue weighted by Gasteiger charge is -2.25. The van der Waals surface area contributed by atoms with E-state index in [9.17, 15) is 14.4 Å². The number of fused-ring (bicyclic) bond motifs is 2. The van der Waals surface area contributed by atoms with Crippen LogP contribution in [0.25, 0.3) is 0 Å². The number of likely N-dealkylation sites (tertiary alicyclic amines) is 1. The molecule has 1 aromatic carbocycles. The van der Waals surface area contributed by atoms with E-state index >= 15 is 0 Å². The van der Waals surface area contributed by atoms with Crippen LogP contribution in [0.4, 0.5) is 15.2 Å². The number of rotatable bonds is 1. The van der Waals surface area contributed by atoms with Crippen molar-refractivity contribution in [2.24, 2.45) is 0 Å². The highest BCUT2D eigenvalue weighted by Gasteiger charge is 2.48. The van der Waals surface area contributed by atoms with E-state index in [1.807, 2.05) is 21.9 Å². The highest BCUT2D eigenvalue weighted by Crippen LogP contribution is 2.49. The van der Waals surface area contributed by atoms with Gasteiger partial charge in [0.05, 0.1) is 17.8 Å². The Balaban J connectivity index is 1.81. The van der Waals surface area contributed by atoms with Crippen LogP contribution in [0.15, 0.2) is 24.4 Å².